The molecule has 0 saturated carbocycles. The molecule has 3 rings (SSSR count). The molecule has 1 amide bonds. The quantitative estimate of drug-likeness (QED) is 0.500. The van der Waals surface area contributed by atoms with Crippen LogP contribution in [0.2, 0.25) is 18.1 Å². The number of nitrogens with zero attached hydrogens (tertiary/aromatic N) is 2. The Balaban J connectivity index is 1.64. The standard InChI is InChI=1S/C23H28FN3O3Si/c1-23(2,3)31(4,5)30-21-15-27(16-26-21)20-12-11-18(13-19(20)24)29-22(28)25-14-17-9-7-6-8-10-17/h6-13,15-16H,14H2,1-5H3,(H,25,28). The molecule has 3 aromatic rings. The van der Waals surface area contributed by atoms with E-state index in [-0.39, 0.29) is 16.5 Å². The van der Waals surface area contributed by atoms with E-state index in [4.69, 9.17) is 9.16 Å². The number of imidazole rings is 1. The average Bonchev–Trinajstić information content (AvgIpc) is 3.14. The fourth-order valence-electron chi connectivity index (χ4n) is 2.58. The van der Waals surface area contributed by atoms with Gasteiger partial charge in [-0.2, -0.15) is 0 Å². The van der Waals surface area contributed by atoms with Crippen molar-refractivity contribution in [2.24, 2.45) is 0 Å². The monoisotopic (exact) mass is 441 g/mol. The van der Waals surface area contributed by atoms with Crippen LogP contribution >= 0.6 is 0 Å². The van der Waals surface area contributed by atoms with Gasteiger partial charge in [-0.15, -0.1) is 0 Å². The highest BCUT2D eigenvalue weighted by atomic mass is 28.4. The smallest absolute Gasteiger partial charge is 0.412 e. The van der Waals surface area contributed by atoms with Crippen LogP contribution in [-0.2, 0) is 6.54 Å². The van der Waals surface area contributed by atoms with E-state index in [1.807, 2.05) is 30.3 Å². The number of hydrogen-bond acceptors (Lipinski definition) is 4. The van der Waals surface area contributed by atoms with Crippen molar-refractivity contribution in [1.29, 1.82) is 0 Å². The molecule has 0 aliphatic carbocycles. The summed E-state index contributed by atoms with van der Waals surface area (Å²) in [5.41, 5.74) is 1.23. The Hall–Kier alpha value is -3.13. The van der Waals surface area contributed by atoms with Gasteiger partial charge < -0.3 is 14.5 Å². The molecule has 0 atom stereocenters. The zero-order chi connectivity index (χ0) is 22.6. The van der Waals surface area contributed by atoms with Gasteiger partial charge in [-0.25, -0.2) is 14.2 Å². The Morgan fingerprint density at radius 1 is 1.16 bits per heavy atom. The Kier molecular flexibility index (Phi) is 6.50. The van der Waals surface area contributed by atoms with Gasteiger partial charge in [0, 0.05) is 12.6 Å². The van der Waals surface area contributed by atoms with Crippen LogP contribution in [0.15, 0.2) is 61.1 Å². The van der Waals surface area contributed by atoms with Crippen molar-refractivity contribution < 1.29 is 18.3 Å². The molecule has 0 aliphatic rings. The Bertz CT molecular complexity index is 1050. The summed E-state index contributed by atoms with van der Waals surface area (Å²) in [5, 5.41) is 2.67. The van der Waals surface area contributed by atoms with E-state index in [9.17, 15) is 9.18 Å². The third-order valence-electron chi connectivity index (χ3n) is 5.41. The van der Waals surface area contributed by atoms with Gasteiger partial charge in [-0.3, -0.25) is 4.57 Å². The molecule has 0 unspecified atom stereocenters. The minimum absolute atomic E-state index is 0.0299. The van der Waals surface area contributed by atoms with Crippen molar-refractivity contribution in [2.75, 3.05) is 0 Å². The summed E-state index contributed by atoms with van der Waals surface area (Å²) in [5.74, 6) is 0.0425. The van der Waals surface area contributed by atoms with E-state index >= 15 is 0 Å². The summed E-state index contributed by atoms with van der Waals surface area (Å²) in [6.07, 6.45) is 2.52. The van der Waals surface area contributed by atoms with Gasteiger partial charge in [-0.1, -0.05) is 51.1 Å². The highest BCUT2D eigenvalue weighted by Crippen LogP contribution is 2.37. The number of benzene rings is 2. The minimum Gasteiger partial charge on any atom is -0.530 e. The number of ether oxygens (including phenoxy) is 1. The minimum atomic E-state index is -2.04. The molecule has 31 heavy (non-hydrogen) atoms. The van der Waals surface area contributed by atoms with E-state index in [0.717, 1.165) is 5.56 Å². The van der Waals surface area contributed by atoms with Crippen molar-refractivity contribution >= 4 is 14.4 Å². The lowest BCUT2D eigenvalue weighted by atomic mass is 10.2. The first-order chi connectivity index (χ1) is 14.5. The second-order valence-corrected chi connectivity index (χ2v) is 13.5. The summed E-state index contributed by atoms with van der Waals surface area (Å²) in [6, 6.07) is 13.7. The van der Waals surface area contributed by atoms with Crippen molar-refractivity contribution in [2.45, 2.75) is 45.4 Å². The summed E-state index contributed by atoms with van der Waals surface area (Å²) < 4.78 is 27.6. The summed E-state index contributed by atoms with van der Waals surface area (Å²) in [7, 11) is -2.04. The number of amides is 1. The van der Waals surface area contributed by atoms with Gasteiger partial charge in [0.1, 0.15) is 12.1 Å². The lowest BCUT2D eigenvalue weighted by Gasteiger charge is -2.35. The van der Waals surface area contributed by atoms with Gasteiger partial charge in [0.05, 0.1) is 11.9 Å². The van der Waals surface area contributed by atoms with Crippen molar-refractivity contribution in [3.8, 4) is 17.3 Å². The van der Waals surface area contributed by atoms with Gasteiger partial charge >= 0.3 is 6.09 Å². The number of nitrogens with one attached hydrogen (secondary N) is 1. The largest absolute Gasteiger partial charge is 0.530 e. The number of halogens is 1. The van der Waals surface area contributed by atoms with Gasteiger partial charge in [-0.05, 0) is 35.8 Å². The van der Waals surface area contributed by atoms with Crippen molar-refractivity contribution in [3.05, 3.63) is 72.4 Å². The predicted molar refractivity (Wildman–Crippen MR) is 121 cm³/mol. The second-order valence-electron chi connectivity index (χ2n) is 8.82. The van der Waals surface area contributed by atoms with Crippen molar-refractivity contribution in [1.82, 2.24) is 14.9 Å². The first-order valence-corrected chi connectivity index (χ1v) is 13.0. The van der Waals surface area contributed by atoms with Crippen LogP contribution in [0, 0.1) is 5.82 Å². The fourth-order valence-corrected chi connectivity index (χ4v) is 3.51. The molecular weight excluding hydrogens is 413 g/mol. The Labute approximate surface area is 183 Å². The van der Waals surface area contributed by atoms with E-state index in [2.05, 4.69) is 44.2 Å². The molecule has 0 fully saturated rings. The normalized spacial score (nSPS) is 11.8. The van der Waals surface area contributed by atoms with Gasteiger partial charge in [0.2, 0.25) is 5.88 Å². The summed E-state index contributed by atoms with van der Waals surface area (Å²) in [6.45, 7) is 11.0. The fraction of sp³-hybridized carbons (Fsp3) is 0.304. The molecule has 8 heteroatoms. The predicted octanol–water partition coefficient (Wildman–Crippen LogP) is 5.68. The third kappa shape index (κ3) is 5.73. The molecule has 6 nitrogen and oxygen atoms in total. The highest BCUT2D eigenvalue weighted by Gasteiger charge is 2.39. The molecule has 1 aromatic heterocycles. The molecule has 0 spiro atoms. The van der Waals surface area contributed by atoms with Crippen LogP contribution in [0.3, 0.4) is 0 Å². The third-order valence-corrected chi connectivity index (χ3v) is 9.74. The van der Waals surface area contributed by atoms with Crippen LogP contribution < -0.4 is 14.5 Å². The Morgan fingerprint density at radius 2 is 1.87 bits per heavy atom. The summed E-state index contributed by atoms with van der Waals surface area (Å²) >= 11 is 0. The molecule has 0 bridgehead atoms. The first kappa shape index (κ1) is 22.5. The molecule has 2 aromatic carbocycles. The number of carbonyl (C=O) groups excluding carboxylic acids is 1. The SMILES string of the molecule is CC(C)(C)[Si](C)(C)Oc1cn(-c2ccc(OC(=O)NCc3ccccc3)cc2F)cn1. The molecule has 0 saturated heterocycles. The number of hydrogen-bond donors (Lipinski definition) is 1. The van der Waals surface area contributed by atoms with Crippen LogP contribution in [0.5, 0.6) is 11.6 Å². The second kappa shape index (κ2) is 8.93. The lowest BCUT2D eigenvalue weighted by Crippen LogP contribution is -2.43. The summed E-state index contributed by atoms with van der Waals surface area (Å²) in [4.78, 5) is 16.3. The zero-order valence-electron chi connectivity index (χ0n) is 18.5. The van der Waals surface area contributed by atoms with E-state index in [1.165, 1.54) is 24.5 Å². The lowest BCUT2D eigenvalue weighted by molar-refractivity contribution is 0.200. The molecule has 1 N–H and O–H groups in total. The Morgan fingerprint density at radius 3 is 2.52 bits per heavy atom. The van der Waals surface area contributed by atoms with Gasteiger partial charge in [0.15, 0.2) is 5.82 Å². The van der Waals surface area contributed by atoms with Crippen LogP contribution in [0.1, 0.15) is 26.3 Å². The maximum atomic E-state index is 14.7. The van der Waals surface area contributed by atoms with Crippen LogP contribution in [0.25, 0.3) is 5.69 Å². The van der Waals surface area contributed by atoms with Crippen molar-refractivity contribution in [3.63, 3.8) is 0 Å². The molecule has 164 valence electrons. The average molecular weight is 442 g/mol. The number of aromatic nitrogens is 2. The van der Waals surface area contributed by atoms with E-state index < -0.39 is 20.2 Å². The zero-order valence-corrected chi connectivity index (χ0v) is 19.5. The highest BCUT2D eigenvalue weighted by molar-refractivity contribution is 6.74. The molecule has 1 heterocycles. The molecular formula is C23H28FN3O3Si. The molecule has 0 radical (unpaired) electrons. The number of carbonyl (C=O) groups is 1. The van der Waals surface area contributed by atoms with Gasteiger partial charge in [0.25, 0.3) is 8.32 Å². The topological polar surface area (TPSA) is 65.4 Å². The number of rotatable bonds is 6. The van der Waals surface area contributed by atoms with Crippen LogP contribution in [0.4, 0.5) is 9.18 Å². The maximum Gasteiger partial charge on any atom is 0.412 e. The van der Waals surface area contributed by atoms with E-state index in [0.29, 0.717) is 12.4 Å². The maximum absolute atomic E-state index is 14.7. The van der Waals surface area contributed by atoms with E-state index in [1.54, 1.807) is 10.8 Å². The molecule has 0 aliphatic heterocycles. The first-order valence-electron chi connectivity index (χ1n) is 10.1. The van der Waals surface area contributed by atoms with Crippen LogP contribution in [-0.4, -0.2) is 24.0 Å².